The van der Waals surface area contributed by atoms with Crippen LogP contribution in [0.2, 0.25) is 0 Å². The number of nitrogens with zero attached hydrogens (tertiary/aromatic N) is 2. The Morgan fingerprint density at radius 1 is 1.00 bits per heavy atom. The standard InChI is InChI=1S/C25H19BrCl2N2O6/c26-10-29-22(34)24(27)9-15-13(6-7-14-17(15)21(33)30(36)20(14)32)19(25(24,28)23(29)35)18-12-4-2-1-3-11(12)5-8-16(18)31/h1-6,8,14-15,17,19,31,36H,7,9-10H2. The molecule has 1 saturated carbocycles. The van der Waals surface area contributed by atoms with Crippen molar-refractivity contribution < 1.29 is 29.5 Å². The largest absolute Gasteiger partial charge is 0.508 e. The molecular formula is C25H19BrCl2N2O6. The van der Waals surface area contributed by atoms with Gasteiger partial charge in [-0.3, -0.25) is 29.3 Å². The van der Waals surface area contributed by atoms with Crippen LogP contribution in [0.15, 0.2) is 48.0 Å². The molecule has 8 nitrogen and oxygen atoms in total. The molecule has 2 N–H and O–H groups in total. The van der Waals surface area contributed by atoms with Crippen LogP contribution in [0.1, 0.15) is 24.3 Å². The number of carbonyl (C=O) groups is 4. The lowest BCUT2D eigenvalue weighted by atomic mass is 9.56. The van der Waals surface area contributed by atoms with Gasteiger partial charge in [-0.15, -0.1) is 23.2 Å². The topological polar surface area (TPSA) is 115 Å². The van der Waals surface area contributed by atoms with E-state index in [9.17, 15) is 29.5 Å². The first kappa shape index (κ1) is 23.9. The third kappa shape index (κ3) is 2.69. The van der Waals surface area contributed by atoms with Gasteiger partial charge in [-0.25, -0.2) is 0 Å². The van der Waals surface area contributed by atoms with Gasteiger partial charge in [-0.1, -0.05) is 57.9 Å². The van der Waals surface area contributed by atoms with Crippen molar-refractivity contribution in [1.82, 2.24) is 9.96 Å². The Bertz CT molecular complexity index is 1430. The van der Waals surface area contributed by atoms with Crippen LogP contribution in [-0.4, -0.2) is 59.1 Å². The van der Waals surface area contributed by atoms with Crippen LogP contribution in [-0.2, 0) is 19.2 Å². The lowest BCUT2D eigenvalue weighted by Crippen LogP contribution is -2.60. The van der Waals surface area contributed by atoms with Crippen molar-refractivity contribution in [3.8, 4) is 5.75 Å². The van der Waals surface area contributed by atoms with Crippen LogP contribution in [0.25, 0.3) is 10.8 Å². The molecule has 2 aliphatic heterocycles. The molecule has 2 saturated heterocycles. The fourth-order valence-electron chi connectivity index (χ4n) is 6.64. The van der Waals surface area contributed by atoms with E-state index in [1.165, 1.54) is 6.07 Å². The summed E-state index contributed by atoms with van der Waals surface area (Å²) in [5, 5.41) is 22.8. The number of hydrogen-bond donors (Lipinski definition) is 2. The molecule has 3 fully saturated rings. The summed E-state index contributed by atoms with van der Waals surface area (Å²) in [6, 6.07) is 10.4. The molecule has 11 heteroatoms. The first-order valence-corrected chi connectivity index (χ1v) is 13.2. The Balaban J connectivity index is 1.67. The first-order chi connectivity index (χ1) is 17.1. The third-order valence-electron chi connectivity index (χ3n) is 8.23. The number of alkyl halides is 3. The van der Waals surface area contributed by atoms with Gasteiger partial charge in [0.1, 0.15) is 5.75 Å². The number of allylic oxidation sites excluding steroid dienone is 2. The molecule has 6 atom stereocenters. The second kappa shape index (κ2) is 7.77. The van der Waals surface area contributed by atoms with E-state index in [2.05, 4.69) is 15.9 Å². The van der Waals surface area contributed by atoms with Crippen molar-refractivity contribution >= 4 is 73.5 Å². The van der Waals surface area contributed by atoms with Crippen molar-refractivity contribution in [2.24, 2.45) is 17.8 Å². The summed E-state index contributed by atoms with van der Waals surface area (Å²) < 4.78 is 0. The van der Waals surface area contributed by atoms with Gasteiger partial charge in [0.2, 0.25) is 0 Å². The molecule has 4 aliphatic rings. The minimum absolute atomic E-state index is 0.131. The van der Waals surface area contributed by atoms with Gasteiger partial charge in [0.05, 0.1) is 17.3 Å². The molecule has 0 aromatic heterocycles. The zero-order valence-corrected chi connectivity index (χ0v) is 21.6. The average molecular weight is 594 g/mol. The summed E-state index contributed by atoms with van der Waals surface area (Å²) in [5.41, 5.74) is 0.723. The van der Waals surface area contributed by atoms with Gasteiger partial charge < -0.3 is 5.11 Å². The maximum atomic E-state index is 13.8. The van der Waals surface area contributed by atoms with Crippen LogP contribution in [0, 0.1) is 17.8 Å². The van der Waals surface area contributed by atoms with Crippen LogP contribution in [0.4, 0.5) is 0 Å². The number of amides is 4. The number of benzene rings is 2. The van der Waals surface area contributed by atoms with Crippen molar-refractivity contribution in [3.63, 3.8) is 0 Å². The number of rotatable bonds is 2. The van der Waals surface area contributed by atoms with Crippen molar-refractivity contribution in [2.45, 2.75) is 28.5 Å². The fourth-order valence-corrected chi connectivity index (χ4v) is 8.05. The van der Waals surface area contributed by atoms with Crippen LogP contribution in [0.3, 0.4) is 0 Å². The Hall–Kier alpha value is -2.46. The highest BCUT2D eigenvalue weighted by Gasteiger charge is 2.76. The highest BCUT2D eigenvalue weighted by Crippen LogP contribution is 2.66. The molecule has 6 rings (SSSR count). The van der Waals surface area contributed by atoms with Gasteiger partial charge in [0.15, 0.2) is 9.75 Å². The van der Waals surface area contributed by atoms with E-state index in [-0.39, 0.29) is 29.1 Å². The van der Waals surface area contributed by atoms with E-state index < -0.39 is 57.0 Å². The second-order valence-electron chi connectivity index (χ2n) is 9.69. The first-order valence-electron chi connectivity index (χ1n) is 11.3. The van der Waals surface area contributed by atoms with Crippen molar-refractivity contribution in [1.29, 1.82) is 0 Å². The molecule has 6 unspecified atom stereocenters. The smallest absolute Gasteiger partial charge is 0.257 e. The van der Waals surface area contributed by atoms with Crippen molar-refractivity contribution in [3.05, 3.63) is 53.6 Å². The number of hydrogen-bond acceptors (Lipinski definition) is 6. The summed E-state index contributed by atoms with van der Waals surface area (Å²) >= 11 is 17.5. The Kier molecular flexibility index (Phi) is 5.16. The minimum atomic E-state index is -2.01. The second-order valence-corrected chi connectivity index (χ2v) is 11.4. The molecule has 4 amide bonds. The Labute approximate surface area is 223 Å². The summed E-state index contributed by atoms with van der Waals surface area (Å²) in [5.74, 6) is -6.71. The molecule has 0 bridgehead atoms. The summed E-state index contributed by atoms with van der Waals surface area (Å²) in [7, 11) is 0. The van der Waals surface area contributed by atoms with E-state index in [1.807, 2.05) is 12.1 Å². The number of likely N-dealkylation sites (tertiary alicyclic amines) is 1. The van der Waals surface area contributed by atoms with Gasteiger partial charge in [-0.05, 0) is 35.6 Å². The average Bonchev–Trinajstić information content (AvgIpc) is 3.17. The predicted octanol–water partition coefficient (Wildman–Crippen LogP) is 3.65. The van der Waals surface area contributed by atoms with Gasteiger partial charge >= 0.3 is 0 Å². The molecule has 186 valence electrons. The predicted molar refractivity (Wildman–Crippen MR) is 133 cm³/mol. The molecule has 0 spiro atoms. The molecule has 2 heterocycles. The van der Waals surface area contributed by atoms with E-state index in [0.717, 1.165) is 10.3 Å². The van der Waals surface area contributed by atoms with Crippen LogP contribution >= 0.6 is 39.1 Å². The fraction of sp³-hybridized carbons (Fsp3) is 0.360. The Morgan fingerprint density at radius 3 is 2.44 bits per heavy atom. The quantitative estimate of drug-likeness (QED) is 0.181. The number of phenolic OH excluding ortho intramolecular Hbond substituents is 1. The SMILES string of the molecule is O=C1C2CC=C3C(CC4(Cl)C(=O)N(CBr)C(=O)C4(Cl)C3c3c(O)ccc4ccccc34)C2C(=O)N1O. The minimum Gasteiger partial charge on any atom is -0.508 e. The summed E-state index contributed by atoms with van der Waals surface area (Å²) in [6.07, 6.45) is 1.69. The van der Waals surface area contributed by atoms with Crippen molar-refractivity contribution in [2.75, 3.05) is 5.45 Å². The highest BCUT2D eigenvalue weighted by molar-refractivity contribution is 9.09. The molecule has 2 aromatic rings. The summed E-state index contributed by atoms with van der Waals surface area (Å²) in [6.45, 7) is 0. The molecule has 2 aromatic carbocycles. The summed E-state index contributed by atoms with van der Waals surface area (Å²) in [4.78, 5) is 49.9. The molecule has 2 aliphatic carbocycles. The number of aromatic hydroxyl groups is 1. The maximum absolute atomic E-state index is 13.8. The van der Waals surface area contributed by atoms with E-state index >= 15 is 0 Å². The number of carbonyl (C=O) groups excluding carboxylic acids is 4. The number of phenols is 1. The highest BCUT2D eigenvalue weighted by atomic mass is 79.9. The van der Waals surface area contributed by atoms with Crippen LogP contribution in [0.5, 0.6) is 5.75 Å². The Morgan fingerprint density at radius 2 is 1.72 bits per heavy atom. The monoisotopic (exact) mass is 592 g/mol. The lowest BCUT2D eigenvalue weighted by molar-refractivity contribution is -0.173. The third-order valence-corrected chi connectivity index (χ3v) is 10.1. The lowest BCUT2D eigenvalue weighted by Gasteiger charge is -2.51. The van der Waals surface area contributed by atoms with Gasteiger partial charge in [0, 0.05) is 11.5 Å². The van der Waals surface area contributed by atoms with E-state index in [4.69, 9.17) is 23.2 Å². The maximum Gasteiger partial charge on any atom is 0.257 e. The normalized spacial score (nSPS) is 35.7. The number of hydroxylamine groups is 2. The zero-order chi connectivity index (χ0) is 25.7. The molecule has 0 radical (unpaired) electrons. The number of halogens is 3. The molecule has 36 heavy (non-hydrogen) atoms. The van der Waals surface area contributed by atoms with E-state index in [0.29, 0.717) is 16.5 Å². The van der Waals surface area contributed by atoms with Crippen LogP contribution < -0.4 is 0 Å². The van der Waals surface area contributed by atoms with Gasteiger partial charge in [0.25, 0.3) is 23.6 Å². The number of imide groups is 2. The van der Waals surface area contributed by atoms with Gasteiger partial charge in [-0.2, -0.15) is 5.06 Å². The zero-order valence-electron chi connectivity index (χ0n) is 18.5. The number of fused-ring (bicyclic) bond motifs is 5. The molecular weight excluding hydrogens is 575 g/mol. The van der Waals surface area contributed by atoms with E-state index in [1.54, 1.807) is 24.3 Å².